The molecule has 0 aliphatic carbocycles. The third-order valence-corrected chi connectivity index (χ3v) is 5.38. The highest BCUT2D eigenvalue weighted by Crippen LogP contribution is 2.27. The first-order chi connectivity index (χ1) is 8.96. The topological polar surface area (TPSA) is 61.2 Å². The minimum atomic E-state index is -2.88. The monoisotopic (exact) mass is 278 g/mol. The maximum Gasteiger partial charge on any atom is 0.152 e. The van der Waals surface area contributed by atoms with Crippen molar-refractivity contribution in [3.05, 3.63) is 29.3 Å². The van der Waals surface area contributed by atoms with E-state index in [-0.39, 0.29) is 17.5 Å². The molecule has 1 aliphatic rings. The molecule has 0 amide bonds. The van der Waals surface area contributed by atoms with Crippen LogP contribution < -0.4 is 4.90 Å². The SMILES string of the molecule is CCN(c1ccc(C#N)cc1C)C1CCS(=O)(=O)C1. The maximum absolute atomic E-state index is 11.6. The van der Waals surface area contributed by atoms with Gasteiger partial charge in [0.15, 0.2) is 9.84 Å². The van der Waals surface area contributed by atoms with Crippen LogP contribution in [0.5, 0.6) is 0 Å². The van der Waals surface area contributed by atoms with Crippen LogP contribution in [0.25, 0.3) is 0 Å². The molecule has 1 unspecified atom stereocenters. The van der Waals surface area contributed by atoms with E-state index in [1.165, 1.54) is 0 Å². The van der Waals surface area contributed by atoms with E-state index in [0.717, 1.165) is 17.8 Å². The van der Waals surface area contributed by atoms with Crippen molar-refractivity contribution in [3.63, 3.8) is 0 Å². The van der Waals surface area contributed by atoms with E-state index < -0.39 is 9.84 Å². The molecular weight excluding hydrogens is 260 g/mol. The Hall–Kier alpha value is -1.54. The van der Waals surface area contributed by atoms with Crippen LogP contribution in [0.4, 0.5) is 5.69 Å². The largest absolute Gasteiger partial charge is 0.368 e. The summed E-state index contributed by atoms with van der Waals surface area (Å²) in [5.74, 6) is 0.518. The first-order valence-electron chi connectivity index (χ1n) is 6.44. The predicted molar refractivity (Wildman–Crippen MR) is 76.0 cm³/mol. The smallest absolute Gasteiger partial charge is 0.152 e. The Balaban J connectivity index is 2.31. The van der Waals surface area contributed by atoms with E-state index in [0.29, 0.717) is 12.0 Å². The highest BCUT2D eigenvalue weighted by molar-refractivity contribution is 7.91. The average molecular weight is 278 g/mol. The molecule has 1 aromatic rings. The van der Waals surface area contributed by atoms with Gasteiger partial charge < -0.3 is 4.90 Å². The normalized spacial score (nSPS) is 21.0. The number of sulfone groups is 1. The minimum Gasteiger partial charge on any atom is -0.368 e. The molecule has 0 spiro atoms. The summed E-state index contributed by atoms with van der Waals surface area (Å²) in [4.78, 5) is 2.14. The zero-order valence-electron chi connectivity index (χ0n) is 11.3. The van der Waals surface area contributed by atoms with Crippen molar-refractivity contribution in [3.8, 4) is 6.07 Å². The van der Waals surface area contributed by atoms with Crippen LogP contribution in [0.3, 0.4) is 0 Å². The van der Waals surface area contributed by atoms with E-state index >= 15 is 0 Å². The second-order valence-electron chi connectivity index (χ2n) is 4.96. The lowest BCUT2D eigenvalue weighted by molar-refractivity contribution is 0.600. The van der Waals surface area contributed by atoms with Crippen LogP contribution in [-0.4, -0.2) is 32.5 Å². The van der Waals surface area contributed by atoms with E-state index in [9.17, 15) is 8.42 Å². The molecule has 0 N–H and O–H groups in total. The maximum atomic E-state index is 11.6. The van der Waals surface area contributed by atoms with E-state index in [1.807, 2.05) is 26.0 Å². The summed E-state index contributed by atoms with van der Waals surface area (Å²) < 4.78 is 23.2. The first kappa shape index (κ1) is 13.9. The van der Waals surface area contributed by atoms with Gasteiger partial charge in [-0.25, -0.2) is 8.42 Å². The van der Waals surface area contributed by atoms with Gasteiger partial charge in [0.25, 0.3) is 0 Å². The number of nitrogens with zero attached hydrogens (tertiary/aromatic N) is 2. The lowest BCUT2D eigenvalue weighted by atomic mass is 10.1. The van der Waals surface area contributed by atoms with Crippen LogP contribution in [0.15, 0.2) is 18.2 Å². The molecule has 2 rings (SSSR count). The number of hydrogen-bond donors (Lipinski definition) is 0. The van der Waals surface area contributed by atoms with Gasteiger partial charge in [-0.2, -0.15) is 5.26 Å². The third-order valence-electron chi connectivity index (χ3n) is 3.63. The summed E-state index contributed by atoms with van der Waals surface area (Å²) in [6, 6.07) is 7.73. The Morgan fingerprint density at radius 3 is 2.68 bits per heavy atom. The van der Waals surface area contributed by atoms with Gasteiger partial charge in [-0.05, 0) is 44.0 Å². The molecule has 102 valence electrons. The molecular formula is C14H18N2O2S. The molecule has 5 heteroatoms. The third kappa shape index (κ3) is 2.90. The standard InChI is InChI=1S/C14H18N2O2S/c1-3-16(13-6-7-19(17,18)10-13)14-5-4-12(9-15)8-11(14)2/h4-5,8,13H,3,6-7,10H2,1-2H3. The fourth-order valence-corrected chi connectivity index (χ4v) is 4.42. The molecule has 0 saturated carbocycles. The highest BCUT2D eigenvalue weighted by Gasteiger charge is 2.32. The zero-order chi connectivity index (χ0) is 14.0. The molecule has 0 aromatic heterocycles. The Labute approximate surface area is 114 Å². The van der Waals surface area contributed by atoms with Crippen molar-refractivity contribution in [1.29, 1.82) is 5.26 Å². The molecule has 1 saturated heterocycles. The van der Waals surface area contributed by atoms with Crippen molar-refractivity contribution in [2.24, 2.45) is 0 Å². The molecule has 1 fully saturated rings. The number of rotatable bonds is 3. The lowest BCUT2D eigenvalue weighted by Gasteiger charge is -2.30. The molecule has 0 bridgehead atoms. The number of hydrogen-bond acceptors (Lipinski definition) is 4. The van der Waals surface area contributed by atoms with Gasteiger partial charge in [-0.1, -0.05) is 0 Å². The van der Waals surface area contributed by atoms with Gasteiger partial charge in [0, 0.05) is 18.3 Å². The quantitative estimate of drug-likeness (QED) is 0.847. The van der Waals surface area contributed by atoms with E-state index in [2.05, 4.69) is 11.0 Å². The highest BCUT2D eigenvalue weighted by atomic mass is 32.2. The van der Waals surface area contributed by atoms with Gasteiger partial charge in [0.1, 0.15) is 0 Å². The molecule has 0 radical (unpaired) electrons. The summed E-state index contributed by atoms with van der Waals surface area (Å²) in [6.45, 7) is 4.76. The zero-order valence-corrected chi connectivity index (χ0v) is 12.1. The first-order valence-corrected chi connectivity index (χ1v) is 8.27. The number of nitriles is 1. The predicted octanol–water partition coefficient (Wildman–Crippen LogP) is 1.88. The van der Waals surface area contributed by atoms with E-state index in [4.69, 9.17) is 5.26 Å². The second kappa shape index (κ2) is 5.22. The second-order valence-corrected chi connectivity index (χ2v) is 7.18. The summed E-state index contributed by atoms with van der Waals surface area (Å²) in [5, 5.41) is 8.89. The fraction of sp³-hybridized carbons (Fsp3) is 0.500. The van der Waals surface area contributed by atoms with E-state index in [1.54, 1.807) is 6.07 Å². The Kier molecular flexibility index (Phi) is 3.81. The minimum absolute atomic E-state index is 0.0571. The lowest BCUT2D eigenvalue weighted by Crippen LogP contribution is -2.36. The molecule has 1 aromatic carbocycles. The van der Waals surface area contributed by atoms with Gasteiger partial charge in [0.05, 0.1) is 23.1 Å². The van der Waals surface area contributed by atoms with Crippen molar-refractivity contribution in [2.75, 3.05) is 23.0 Å². The van der Waals surface area contributed by atoms with Gasteiger partial charge in [0.2, 0.25) is 0 Å². The van der Waals surface area contributed by atoms with Crippen LogP contribution in [0.1, 0.15) is 24.5 Å². The Morgan fingerprint density at radius 1 is 1.47 bits per heavy atom. The summed E-state index contributed by atoms with van der Waals surface area (Å²) in [5.41, 5.74) is 2.69. The number of aryl methyl sites for hydroxylation is 1. The molecule has 19 heavy (non-hydrogen) atoms. The van der Waals surface area contributed by atoms with Crippen LogP contribution in [-0.2, 0) is 9.84 Å². The van der Waals surface area contributed by atoms with Gasteiger partial charge in [-0.3, -0.25) is 0 Å². The molecule has 4 nitrogen and oxygen atoms in total. The van der Waals surface area contributed by atoms with Crippen molar-refractivity contribution in [1.82, 2.24) is 0 Å². The molecule has 1 heterocycles. The molecule has 1 atom stereocenters. The van der Waals surface area contributed by atoms with Crippen molar-refractivity contribution in [2.45, 2.75) is 26.3 Å². The van der Waals surface area contributed by atoms with Crippen LogP contribution in [0.2, 0.25) is 0 Å². The Bertz CT molecular complexity index is 617. The summed E-state index contributed by atoms with van der Waals surface area (Å²) >= 11 is 0. The van der Waals surface area contributed by atoms with Crippen molar-refractivity contribution >= 4 is 15.5 Å². The average Bonchev–Trinajstić information content (AvgIpc) is 2.72. The van der Waals surface area contributed by atoms with Crippen LogP contribution >= 0.6 is 0 Å². The fourth-order valence-electron chi connectivity index (χ4n) is 2.69. The number of benzene rings is 1. The molecule has 1 aliphatic heterocycles. The van der Waals surface area contributed by atoms with Crippen LogP contribution in [0, 0.1) is 18.3 Å². The summed E-state index contributed by atoms with van der Waals surface area (Å²) in [7, 11) is -2.88. The van der Waals surface area contributed by atoms with Gasteiger partial charge >= 0.3 is 0 Å². The van der Waals surface area contributed by atoms with Gasteiger partial charge in [-0.15, -0.1) is 0 Å². The van der Waals surface area contributed by atoms with Crippen molar-refractivity contribution < 1.29 is 8.42 Å². The number of anilines is 1. The Morgan fingerprint density at radius 2 is 2.21 bits per heavy atom. The summed E-state index contributed by atoms with van der Waals surface area (Å²) in [6.07, 6.45) is 0.690.